The van der Waals surface area contributed by atoms with E-state index in [1.807, 2.05) is 19.1 Å². The number of phenolic OH excluding ortho intramolecular Hbond substituents is 1. The van der Waals surface area contributed by atoms with Crippen LogP contribution in [-0.4, -0.2) is 70.3 Å². The average Bonchev–Trinajstić information content (AvgIpc) is 3.12. The molecule has 2 aliphatic rings. The van der Waals surface area contributed by atoms with Gasteiger partial charge in [0.05, 0.1) is 50.7 Å². The van der Waals surface area contributed by atoms with Crippen LogP contribution in [0.25, 0.3) is 0 Å². The number of hydrogen-bond donors (Lipinski definition) is 1. The summed E-state index contributed by atoms with van der Waals surface area (Å²) >= 11 is 3.35. The zero-order chi connectivity index (χ0) is 35.0. The molecule has 4 rings (SSSR count). The van der Waals surface area contributed by atoms with E-state index in [9.17, 15) is 5.11 Å². The maximum Gasteiger partial charge on any atom is 0.164 e. The Kier molecular flexibility index (Phi) is 21.4. The minimum atomic E-state index is 0.0175. The molecule has 1 N–H and O–H groups in total. The van der Waals surface area contributed by atoms with Gasteiger partial charge in [0.1, 0.15) is 0 Å². The summed E-state index contributed by atoms with van der Waals surface area (Å²) in [4.78, 5) is 0. The van der Waals surface area contributed by atoms with Crippen LogP contribution in [0.1, 0.15) is 92.9 Å². The van der Waals surface area contributed by atoms with Crippen molar-refractivity contribution in [2.24, 2.45) is 0 Å². The van der Waals surface area contributed by atoms with Gasteiger partial charge in [-0.25, -0.2) is 0 Å². The molecule has 10 nitrogen and oxygen atoms in total. The zero-order valence-corrected chi connectivity index (χ0v) is 30.6. The number of aromatic hydroxyl groups is 1. The van der Waals surface area contributed by atoms with Gasteiger partial charge in [0.15, 0.2) is 35.6 Å². The van der Waals surface area contributed by atoms with E-state index in [4.69, 9.17) is 43.7 Å². The van der Waals surface area contributed by atoms with Gasteiger partial charge in [0, 0.05) is 37.3 Å². The first kappa shape index (κ1) is 41.1. The standard InChI is InChI=1S/C20H29NO4.C9H9NO2.C8H15BrO2/c1-16-13-17(15-21)14-18(22-2)20(16)25-12-7-4-3-6-10-23-19-9-5-8-11-24-19;1-6-3-7(5-10)4-8(12-2)9(6)11;9-5-3-7-11-8-4-1-2-6-10-8/h13-14,19H,3-12H2,1-2H3;3-4,11H,1-2H3;8H,1-7H2. The number of nitriles is 2. The minimum absolute atomic E-state index is 0.0175. The monoisotopic (exact) mass is 732 g/mol. The summed E-state index contributed by atoms with van der Waals surface area (Å²) in [7, 11) is 3.05. The number of alkyl halides is 1. The van der Waals surface area contributed by atoms with Crippen LogP contribution < -0.4 is 14.2 Å². The molecule has 2 saturated heterocycles. The summed E-state index contributed by atoms with van der Waals surface area (Å²) < 4.78 is 38.2. The number of nitrogens with zero attached hydrogens (tertiary/aromatic N) is 2. The van der Waals surface area contributed by atoms with Crippen LogP contribution in [0.15, 0.2) is 24.3 Å². The molecule has 48 heavy (non-hydrogen) atoms. The Labute approximate surface area is 295 Å². The van der Waals surface area contributed by atoms with Crippen LogP contribution in [0.5, 0.6) is 23.0 Å². The second-order valence-corrected chi connectivity index (χ2v) is 12.3. The largest absolute Gasteiger partial charge is 0.504 e. The molecule has 11 heteroatoms. The van der Waals surface area contributed by atoms with Crippen LogP contribution in [0.2, 0.25) is 0 Å². The van der Waals surface area contributed by atoms with E-state index in [1.54, 1.807) is 26.2 Å². The summed E-state index contributed by atoms with van der Waals surface area (Å²) in [5.41, 5.74) is 2.65. The molecular formula is C37H53BrN2O8. The van der Waals surface area contributed by atoms with Crippen molar-refractivity contribution < 1.29 is 38.3 Å². The molecule has 0 bridgehead atoms. The molecule has 2 aromatic carbocycles. The fourth-order valence-electron chi connectivity index (χ4n) is 5.01. The van der Waals surface area contributed by atoms with E-state index < -0.39 is 0 Å². The predicted octanol–water partition coefficient (Wildman–Crippen LogP) is 8.25. The lowest BCUT2D eigenvalue weighted by molar-refractivity contribution is -0.162. The number of rotatable bonds is 15. The minimum Gasteiger partial charge on any atom is -0.504 e. The number of phenols is 1. The van der Waals surface area contributed by atoms with Gasteiger partial charge in [-0.3, -0.25) is 0 Å². The third-order valence-electron chi connectivity index (χ3n) is 7.65. The molecule has 0 aliphatic carbocycles. The highest BCUT2D eigenvalue weighted by molar-refractivity contribution is 9.09. The van der Waals surface area contributed by atoms with E-state index >= 15 is 0 Å². The third kappa shape index (κ3) is 15.9. The first-order valence-corrected chi connectivity index (χ1v) is 18.0. The Morgan fingerprint density at radius 3 is 1.75 bits per heavy atom. The molecule has 2 aromatic rings. The van der Waals surface area contributed by atoms with Crippen molar-refractivity contribution in [3.05, 3.63) is 46.5 Å². The number of hydrogen-bond acceptors (Lipinski definition) is 10. The topological polar surface area (TPSA) is 132 Å². The number of unbranched alkanes of at least 4 members (excludes halogenated alkanes) is 3. The van der Waals surface area contributed by atoms with Gasteiger partial charge >= 0.3 is 0 Å². The molecule has 2 heterocycles. The highest BCUT2D eigenvalue weighted by Gasteiger charge is 2.14. The molecular weight excluding hydrogens is 680 g/mol. The smallest absolute Gasteiger partial charge is 0.164 e. The SMILES string of the molecule is BrCCCOC1CCCCO1.COc1cc(C#N)cc(C)c1O.COc1cc(C#N)cc(C)c1OCCCCCCOC1CCCCO1. The summed E-state index contributed by atoms with van der Waals surface area (Å²) in [6, 6.07) is 10.8. The van der Waals surface area contributed by atoms with E-state index in [-0.39, 0.29) is 18.3 Å². The molecule has 0 aromatic heterocycles. The lowest BCUT2D eigenvalue weighted by Crippen LogP contribution is -2.22. The first-order valence-electron chi connectivity index (χ1n) is 16.9. The van der Waals surface area contributed by atoms with Gasteiger partial charge in [-0.05, 0) is 101 Å². The van der Waals surface area contributed by atoms with Gasteiger partial charge in [0.25, 0.3) is 0 Å². The molecule has 2 atom stereocenters. The maximum atomic E-state index is 9.38. The van der Waals surface area contributed by atoms with E-state index in [0.29, 0.717) is 34.8 Å². The fourth-order valence-corrected chi connectivity index (χ4v) is 5.24. The molecule has 0 saturated carbocycles. The number of halogens is 1. The quantitative estimate of drug-likeness (QED) is 0.141. The Bertz CT molecular complexity index is 1270. The molecule has 0 radical (unpaired) electrons. The average molecular weight is 734 g/mol. The Morgan fingerprint density at radius 1 is 0.729 bits per heavy atom. The molecule has 2 fully saturated rings. The summed E-state index contributed by atoms with van der Waals surface area (Å²) in [5, 5.41) is 28.0. The lowest BCUT2D eigenvalue weighted by Gasteiger charge is -2.22. The normalized spacial score (nSPS) is 17.0. The van der Waals surface area contributed by atoms with Crippen molar-refractivity contribution in [3.8, 4) is 35.1 Å². The predicted molar refractivity (Wildman–Crippen MR) is 188 cm³/mol. The highest BCUT2D eigenvalue weighted by atomic mass is 79.9. The zero-order valence-electron chi connectivity index (χ0n) is 29.1. The maximum absolute atomic E-state index is 9.38. The van der Waals surface area contributed by atoms with Gasteiger partial charge in [-0.15, -0.1) is 0 Å². The molecule has 266 valence electrons. The van der Waals surface area contributed by atoms with Crippen molar-refractivity contribution in [1.29, 1.82) is 10.5 Å². The van der Waals surface area contributed by atoms with Crippen LogP contribution in [-0.2, 0) is 18.9 Å². The Hall–Kier alpha value is -3.06. The van der Waals surface area contributed by atoms with Crippen LogP contribution in [0, 0.1) is 36.5 Å². The third-order valence-corrected chi connectivity index (χ3v) is 8.21. The van der Waals surface area contributed by atoms with Gasteiger partial charge < -0.3 is 38.3 Å². The highest BCUT2D eigenvalue weighted by Crippen LogP contribution is 2.32. The summed E-state index contributed by atoms with van der Waals surface area (Å²) in [6.45, 7) is 7.60. The van der Waals surface area contributed by atoms with E-state index in [1.165, 1.54) is 32.4 Å². The lowest BCUT2D eigenvalue weighted by atomic mass is 10.1. The first-order chi connectivity index (χ1) is 23.4. The van der Waals surface area contributed by atoms with Crippen LogP contribution >= 0.6 is 15.9 Å². The molecule has 2 aliphatic heterocycles. The Morgan fingerprint density at radius 2 is 1.25 bits per heavy atom. The molecule has 0 amide bonds. The van der Waals surface area contributed by atoms with Gasteiger partial charge in [0.2, 0.25) is 0 Å². The fraction of sp³-hybridized carbons (Fsp3) is 0.622. The van der Waals surface area contributed by atoms with E-state index in [0.717, 1.165) is 94.4 Å². The van der Waals surface area contributed by atoms with Crippen molar-refractivity contribution in [1.82, 2.24) is 0 Å². The van der Waals surface area contributed by atoms with Crippen LogP contribution in [0.3, 0.4) is 0 Å². The number of benzene rings is 2. The molecule has 0 spiro atoms. The van der Waals surface area contributed by atoms with Crippen molar-refractivity contribution in [2.45, 2.75) is 97.1 Å². The van der Waals surface area contributed by atoms with Gasteiger partial charge in [-0.1, -0.05) is 22.4 Å². The van der Waals surface area contributed by atoms with Crippen molar-refractivity contribution >= 4 is 15.9 Å². The summed E-state index contributed by atoms with van der Waals surface area (Å²) in [5.74, 6) is 1.79. The second-order valence-electron chi connectivity index (χ2n) is 11.5. The van der Waals surface area contributed by atoms with E-state index in [2.05, 4.69) is 22.0 Å². The number of aryl methyl sites for hydroxylation is 2. The van der Waals surface area contributed by atoms with Gasteiger partial charge in [-0.2, -0.15) is 10.5 Å². The van der Waals surface area contributed by atoms with Crippen molar-refractivity contribution in [3.63, 3.8) is 0 Å². The number of ether oxygens (including phenoxy) is 7. The van der Waals surface area contributed by atoms with Crippen molar-refractivity contribution in [2.75, 3.05) is 52.6 Å². The molecule has 2 unspecified atom stereocenters. The van der Waals surface area contributed by atoms with Crippen LogP contribution in [0.4, 0.5) is 0 Å². The second kappa shape index (κ2) is 25.0. The Balaban J connectivity index is 0.000000288. The number of methoxy groups -OCH3 is 2. The summed E-state index contributed by atoms with van der Waals surface area (Å²) in [6.07, 6.45) is 12.3.